The predicted molar refractivity (Wildman–Crippen MR) is 133 cm³/mol. The Morgan fingerprint density at radius 3 is 2.07 bits per heavy atom. The summed E-state index contributed by atoms with van der Waals surface area (Å²) in [6, 6.07) is 24.7. The lowest BCUT2D eigenvalue weighted by Gasteiger charge is -2.21. The minimum atomic E-state index is -0.189. The zero-order valence-corrected chi connectivity index (χ0v) is 19.3. The summed E-state index contributed by atoms with van der Waals surface area (Å²) >= 11 is 2.43. The number of pyridine rings is 1. The van der Waals surface area contributed by atoms with E-state index in [2.05, 4.69) is 83.1 Å². The quantitative estimate of drug-likeness (QED) is 0.191. The number of rotatable bonds is 1. The molecule has 0 N–H and O–H groups in total. The Labute approximate surface area is 188 Å². The van der Waals surface area contributed by atoms with E-state index >= 15 is 0 Å². The molecule has 0 aliphatic carbocycles. The van der Waals surface area contributed by atoms with E-state index in [0.717, 1.165) is 31.1 Å². The Kier molecular flexibility index (Phi) is 4.43. The van der Waals surface area contributed by atoms with Gasteiger partial charge in [-0.1, -0.05) is 81.4 Å². The van der Waals surface area contributed by atoms with Crippen molar-refractivity contribution < 1.29 is 0 Å². The van der Waals surface area contributed by atoms with Crippen molar-refractivity contribution in [2.45, 2.75) is 26.2 Å². The third kappa shape index (κ3) is 2.93. The SMILES string of the molecule is CC(C)(C)c1ccc(-c2c(I)c3ccccc3c3nc(=O)c4ccccc4n23)cc1. The minimum Gasteiger partial charge on any atom is -0.292 e. The van der Waals surface area contributed by atoms with Crippen molar-refractivity contribution in [1.29, 1.82) is 0 Å². The lowest BCUT2D eigenvalue weighted by molar-refractivity contribution is 0.590. The lowest BCUT2D eigenvalue weighted by atomic mass is 9.86. The molecule has 148 valence electrons. The van der Waals surface area contributed by atoms with Gasteiger partial charge in [0.25, 0.3) is 5.56 Å². The third-order valence-corrected chi connectivity index (χ3v) is 6.75. The number of aromatic nitrogens is 2. The molecule has 0 aliphatic rings. The van der Waals surface area contributed by atoms with Crippen LogP contribution in [0.2, 0.25) is 0 Å². The molecule has 0 atom stereocenters. The summed E-state index contributed by atoms with van der Waals surface area (Å²) < 4.78 is 3.29. The maximum Gasteiger partial charge on any atom is 0.281 e. The van der Waals surface area contributed by atoms with Gasteiger partial charge in [-0.2, -0.15) is 4.98 Å². The molecule has 0 radical (unpaired) electrons. The van der Waals surface area contributed by atoms with Gasteiger partial charge in [-0.05, 0) is 51.3 Å². The topological polar surface area (TPSA) is 34.4 Å². The van der Waals surface area contributed by atoms with Crippen LogP contribution >= 0.6 is 22.6 Å². The Hall–Kier alpha value is -2.73. The molecule has 0 saturated carbocycles. The number of fused-ring (bicyclic) bond motifs is 5. The first-order valence-electron chi connectivity index (χ1n) is 9.99. The van der Waals surface area contributed by atoms with Crippen LogP contribution in [0.1, 0.15) is 26.3 Å². The summed E-state index contributed by atoms with van der Waals surface area (Å²) in [5.74, 6) is 0. The van der Waals surface area contributed by atoms with Crippen molar-refractivity contribution >= 4 is 49.9 Å². The number of halogens is 1. The molecule has 0 fully saturated rings. The van der Waals surface area contributed by atoms with E-state index in [9.17, 15) is 4.79 Å². The third-order valence-electron chi connectivity index (χ3n) is 5.65. The highest BCUT2D eigenvalue weighted by atomic mass is 127. The predicted octanol–water partition coefficient (Wildman–Crippen LogP) is 6.57. The van der Waals surface area contributed by atoms with Crippen LogP contribution in [0.15, 0.2) is 77.6 Å². The average Bonchev–Trinajstić information content (AvgIpc) is 2.75. The van der Waals surface area contributed by atoms with E-state index < -0.39 is 0 Å². The summed E-state index contributed by atoms with van der Waals surface area (Å²) in [6.45, 7) is 6.66. The molecule has 2 aromatic heterocycles. The first-order valence-corrected chi connectivity index (χ1v) is 11.1. The van der Waals surface area contributed by atoms with Crippen LogP contribution in [-0.2, 0) is 5.41 Å². The van der Waals surface area contributed by atoms with Gasteiger partial charge in [-0.3, -0.25) is 9.20 Å². The Bertz CT molecular complexity index is 1490. The molecule has 30 heavy (non-hydrogen) atoms. The summed E-state index contributed by atoms with van der Waals surface area (Å²) in [4.78, 5) is 17.3. The van der Waals surface area contributed by atoms with Crippen LogP contribution in [0.4, 0.5) is 0 Å². The molecule has 5 aromatic rings. The second-order valence-electron chi connectivity index (χ2n) is 8.63. The molecule has 0 saturated heterocycles. The van der Waals surface area contributed by atoms with Crippen LogP contribution in [0.5, 0.6) is 0 Å². The molecular weight excluding hydrogens is 483 g/mol. The van der Waals surface area contributed by atoms with Gasteiger partial charge in [0.1, 0.15) is 5.65 Å². The number of hydrogen-bond acceptors (Lipinski definition) is 2. The van der Waals surface area contributed by atoms with E-state index in [0.29, 0.717) is 11.0 Å². The molecule has 0 spiro atoms. The van der Waals surface area contributed by atoms with Crippen molar-refractivity contribution in [2.75, 3.05) is 0 Å². The van der Waals surface area contributed by atoms with E-state index in [1.165, 1.54) is 5.56 Å². The maximum atomic E-state index is 12.8. The Morgan fingerprint density at radius 1 is 0.800 bits per heavy atom. The molecule has 0 aliphatic heterocycles. The van der Waals surface area contributed by atoms with Crippen LogP contribution < -0.4 is 5.56 Å². The number of hydrogen-bond donors (Lipinski definition) is 0. The number of benzene rings is 3. The van der Waals surface area contributed by atoms with Crippen molar-refractivity contribution in [3.63, 3.8) is 0 Å². The van der Waals surface area contributed by atoms with Crippen LogP contribution in [0, 0.1) is 3.57 Å². The highest BCUT2D eigenvalue weighted by Crippen LogP contribution is 2.36. The smallest absolute Gasteiger partial charge is 0.281 e. The Balaban J connectivity index is 1.99. The molecular formula is C26H21IN2O. The monoisotopic (exact) mass is 504 g/mol. The van der Waals surface area contributed by atoms with E-state index in [-0.39, 0.29) is 11.0 Å². The van der Waals surface area contributed by atoms with E-state index in [1.807, 2.05) is 42.5 Å². The van der Waals surface area contributed by atoms with Crippen molar-refractivity contribution in [1.82, 2.24) is 9.38 Å². The standard InChI is InChI=1S/C26H21IN2O/c1-26(2,3)17-14-12-16(13-15-17)23-22(27)18-8-4-5-9-19(18)24-28-25(30)20-10-6-7-11-21(20)29(23)24/h4-15H,1-3H3. The Morgan fingerprint density at radius 2 is 1.40 bits per heavy atom. The second kappa shape index (κ2) is 6.91. The minimum absolute atomic E-state index is 0.0932. The fraction of sp³-hybridized carbons (Fsp3) is 0.154. The molecule has 2 heterocycles. The zero-order valence-electron chi connectivity index (χ0n) is 17.1. The van der Waals surface area contributed by atoms with Crippen molar-refractivity contribution in [3.05, 3.63) is 92.3 Å². The fourth-order valence-electron chi connectivity index (χ4n) is 4.06. The van der Waals surface area contributed by atoms with Gasteiger partial charge in [0.15, 0.2) is 0 Å². The van der Waals surface area contributed by atoms with Gasteiger partial charge in [0.2, 0.25) is 0 Å². The maximum absolute atomic E-state index is 12.8. The zero-order chi connectivity index (χ0) is 21.0. The van der Waals surface area contributed by atoms with Gasteiger partial charge in [-0.15, -0.1) is 0 Å². The largest absolute Gasteiger partial charge is 0.292 e. The van der Waals surface area contributed by atoms with Crippen LogP contribution in [-0.4, -0.2) is 9.38 Å². The normalized spacial score (nSPS) is 12.1. The number of para-hydroxylation sites is 1. The van der Waals surface area contributed by atoms with Gasteiger partial charge in [0, 0.05) is 14.3 Å². The van der Waals surface area contributed by atoms with Crippen molar-refractivity contribution in [3.8, 4) is 11.3 Å². The molecule has 4 heteroatoms. The van der Waals surface area contributed by atoms with E-state index in [1.54, 1.807) is 0 Å². The number of nitrogens with zero attached hydrogens (tertiary/aromatic N) is 2. The molecule has 3 aromatic carbocycles. The summed E-state index contributed by atoms with van der Waals surface area (Å²) in [5.41, 5.74) is 4.95. The van der Waals surface area contributed by atoms with Gasteiger partial charge in [0.05, 0.1) is 16.6 Å². The van der Waals surface area contributed by atoms with Gasteiger partial charge >= 0.3 is 0 Å². The summed E-state index contributed by atoms with van der Waals surface area (Å²) in [5, 5.41) is 2.73. The molecule has 0 amide bonds. The highest BCUT2D eigenvalue weighted by Gasteiger charge is 2.19. The fourth-order valence-corrected chi connectivity index (χ4v) is 5.08. The molecule has 3 nitrogen and oxygen atoms in total. The molecule has 0 bridgehead atoms. The molecule has 0 unspecified atom stereocenters. The highest BCUT2D eigenvalue weighted by molar-refractivity contribution is 14.1. The molecule has 5 rings (SSSR count). The van der Waals surface area contributed by atoms with Crippen molar-refractivity contribution in [2.24, 2.45) is 0 Å². The van der Waals surface area contributed by atoms with Gasteiger partial charge < -0.3 is 0 Å². The van der Waals surface area contributed by atoms with Crippen LogP contribution in [0.25, 0.3) is 38.6 Å². The van der Waals surface area contributed by atoms with E-state index in [4.69, 9.17) is 0 Å². The van der Waals surface area contributed by atoms with Crippen LogP contribution in [0.3, 0.4) is 0 Å². The average molecular weight is 504 g/mol. The lowest BCUT2D eigenvalue weighted by Crippen LogP contribution is -2.13. The first-order chi connectivity index (χ1) is 14.4. The van der Waals surface area contributed by atoms with Gasteiger partial charge in [-0.25, -0.2) is 0 Å². The second-order valence-corrected chi connectivity index (χ2v) is 9.71. The summed E-state index contributed by atoms with van der Waals surface area (Å²) in [7, 11) is 0. The summed E-state index contributed by atoms with van der Waals surface area (Å²) in [6.07, 6.45) is 0. The first kappa shape index (κ1) is 19.2.